The average molecular weight is 372 g/mol. The normalized spacial score (nSPS) is 13.4. The van der Waals surface area contributed by atoms with E-state index in [9.17, 15) is 9.18 Å². The van der Waals surface area contributed by atoms with Crippen LogP contribution in [0, 0.1) is 5.82 Å². The minimum Gasteiger partial charge on any atom is -0.491 e. The topological polar surface area (TPSA) is 59.0 Å². The van der Waals surface area contributed by atoms with Crippen LogP contribution in [-0.2, 0) is 4.43 Å². The van der Waals surface area contributed by atoms with Crippen molar-refractivity contribution in [2.45, 2.75) is 51.9 Å². The van der Waals surface area contributed by atoms with E-state index in [4.69, 9.17) is 14.3 Å². The molecule has 0 heterocycles. The van der Waals surface area contributed by atoms with Crippen molar-refractivity contribution in [3.8, 4) is 5.75 Å². The van der Waals surface area contributed by atoms with E-state index in [2.05, 4.69) is 33.9 Å². The molecule has 1 aromatic carbocycles. The maximum atomic E-state index is 13.6. The Morgan fingerprint density at radius 3 is 2.44 bits per heavy atom. The summed E-state index contributed by atoms with van der Waals surface area (Å²) in [4.78, 5) is 12.3. The predicted octanol–water partition coefficient (Wildman–Crippen LogP) is 4.90. The van der Waals surface area contributed by atoms with Gasteiger partial charge >= 0.3 is 6.09 Å². The SMILES string of the molecule is C[C@H](c1cc(F)ccc1OCCO[Si](C)(C)C(C)(C)C)N(C)C(=O)O. The third-order valence-electron chi connectivity index (χ3n) is 4.91. The first-order valence-electron chi connectivity index (χ1n) is 8.39. The number of carbonyl (C=O) groups is 1. The average Bonchev–Trinajstić information content (AvgIpc) is 2.49. The number of ether oxygens (including phenoxy) is 1. The fraction of sp³-hybridized carbons (Fsp3) is 0.611. The molecule has 1 N–H and O–H groups in total. The molecule has 5 nitrogen and oxygen atoms in total. The van der Waals surface area contributed by atoms with Crippen LogP contribution < -0.4 is 4.74 Å². The molecule has 0 aliphatic carbocycles. The number of amides is 1. The number of carboxylic acid groups (broad SMARTS) is 1. The van der Waals surface area contributed by atoms with Gasteiger partial charge in [-0.2, -0.15) is 0 Å². The molecule has 7 heteroatoms. The van der Waals surface area contributed by atoms with E-state index in [-0.39, 0.29) is 5.04 Å². The first-order valence-corrected chi connectivity index (χ1v) is 11.3. The van der Waals surface area contributed by atoms with E-state index in [1.54, 1.807) is 6.92 Å². The highest BCUT2D eigenvalue weighted by Gasteiger charge is 2.36. The molecule has 0 unspecified atom stereocenters. The molecule has 0 radical (unpaired) electrons. The van der Waals surface area contributed by atoms with Crippen LogP contribution >= 0.6 is 0 Å². The molecule has 1 amide bonds. The molecule has 0 aromatic heterocycles. The zero-order valence-electron chi connectivity index (χ0n) is 16.2. The zero-order valence-corrected chi connectivity index (χ0v) is 17.2. The van der Waals surface area contributed by atoms with Crippen LogP contribution in [0.4, 0.5) is 9.18 Å². The minimum atomic E-state index is -1.85. The van der Waals surface area contributed by atoms with E-state index in [0.717, 1.165) is 4.90 Å². The summed E-state index contributed by atoms with van der Waals surface area (Å²) in [6.45, 7) is 13.3. The molecule has 0 bridgehead atoms. The second-order valence-corrected chi connectivity index (χ2v) is 12.5. The van der Waals surface area contributed by atoms with Crippen LogP contribution in [-0.4, -0.2) is 44.7 Å². The lowest BCUT2D eigenvalue weighted by Gasteiger charge is -2.36. The van der Waals surface area contributed by atoms with Crippen molar-refractivity contribution in [2.24, 2.45) is 0 Å². The van der Waals surface area contributed by atoms with Crippen LogP contribution in [0.1, 0.15) is 39.3 Å². The summed E-state index contributed by atoms with van der Waals surface area (Å²) in [5, 5.41) is 9.25. The number of hydrogen-bond acceptors (Lipinski definition) is 3. The Morgan fingerprint density at radius 1 is 1.32 bits per heavy atom. The van der Waals surface area contributed by atoms with Crippen molar-refractivity contribution in [1.29, 1.82) is 0 Å². The van der Waals surface area contributed by atoms with Crippen molar-refractivity contribution >= 4 is 14.4 Å². The second-order valence-electron chi connectivity index (χ2n) is 7.71. The van der Waals surface area contributed by atoms with Gasteiger partial charge in [-0.25, -0.2) is 9.18 Å². The molecule has 0 aliphatic heterocycles. The van der Waals surface area contributed by atoms with Gasteiger partial charge in [0, 0.05) is 12.6 Å². The van der Waals surface area contributed by atoms with Crippen LogP contribution in [0.3, 0.4) is 0 Å². The summed E-state index contributed by atoms with van der Waals surface area (Å²) < 4.78 is 25.4. The van der Waals surface area contributed by atoms with Crippen LogP contribution in [0.25, 0.3) is 0 Å². The Kier molecular flexibility index (Phi) is 7.02. The molecule has 0 aliphatic rings. The highest BCUT2D eigenvalue weighted by Crippen LogP contribution is 2.36. The Labute approximate surface area is 150 Å². The highest BCUT2D eigenvalue weighted by atomic mass is 28.4. The lowest BCUT2D eigenvalue weighted by Crippen LogP contribution is -2.41. The van der Waals surface area contributed by atoms with Crippen LogP contribution in [0.2, 0.25) is 18.1 Å². The molecular formula is C18H30FNO4Si. The van der Waals surface area contributed by atoms with Gasteiger partial charge in [0.25, 0.3) is 0 Å². The van der Waals surface area contributed by atoms with Crippen molar-refractivity contribution in [1.82, 2.24) is 4.90 Å². The smallest absolute Gasteiger partial charge is 0.407 e. The number of rotatable bonds is 7. The van der Waals surface area contributed by atoms with E-state index in [1.165, 1.54) is 25.2 Å². The van der Waals surface area contributed by atoms with Crippen LogP contribution in [0.5, 0.6) is 5.75 Å². The molecule has 1 atom stereocenters. The largest absolute Gasteiger partial charge is 0.491 e. The lowest BCUT2D eigenvalue weighted by atomic mass is 10.1. The Bertz CT molecular complexity index is 601. The molecule has 142 valence electrons. The van der Waals surface area contributed by atoms with Gasteiger partial charge in [0.05, 0.1) is 12.6 Å². The van der Waals surface area contributed by atoms with Crippen molar-refractivity contribution in [2.75, 3.05) is 20.3 Å². The van der Waals surface area contributed by atoms with E-state index in [1.807, 2.05) is 0 Å². The number of hydrogen-bond donors (Lipinski definition) is 1. The summed E-state index contributed by atoms with van der Waals surface area (Å²) in [6.07, 6.45) is -1.08. The molecule has 1 rings (SSSR count). The van der Waals surface area contributed by atoms with E-state index < -0.39 is 26.3 Å². The fourth-order valence-electron chi connectivity index (χ4n) is 2.02. The summed E-state index contributed by atoms with van der Waals surface area (Å²) >= 11 is 0. The second kappa shape index (κ2) is 8.18. The quantitative estimate of drug-likeness (QED) is 0.547. The summed E-state index contributed by atoms with van der Waals surface area (Å²) in [6, 6.07) is 3.63. The number of halogens is 1. The van der Waals surface area contributed by atoms with Gasteiger partial charge in [0.2, 0.25) is 0 Å². The van der Waals surface area contributed by atoms with Crippen LogP contribution in [0.15, 0.2) is 18.2 Å². The first kappa shape index (κ1) is 21.4. The standard InChI is InChI=1S/C18H30FNO4Si/c1-13(20(5)17(21)22)15-12-14(19)8-9-16(15)23-10-11-24-25(6,7)18(2,3)4/h8-9,12-13H,10-11H2,1-7H3,(H,21,22)/t13-/m1/s1. The van der Waals surface area contributed by atoms with Crippen molar-refractivity contribution in [3.63, 3.8) is 0 Å². The maximum Gasteiger partial charge on any atom is 0.407 e. The van der Waals surface area contributed by atoms with Gasteiger partial charge < -0.3 is 19.2 Å². The molecule has 1 aromatic rings. The summed E-state index contributed by atoms with van der Waals surface area (Å²) in [7, 11) is -0.400. The third kappa shape index (κ3) is 5.71. The van der Waals surface area contributed by atoms with Gasteiger partial charge in [-0.1, -0.05) is 20.8 Å². The zero-order chi connectivity index (χ0) is 19.4. The molecule has 25 heavy (non-hydrogen) atoms. The molecule has 0 fully saturated rings. The Morgan fingerprint density at radius 2 is 1.92 bits per heavy atom. The predicted molar refractivity (Wildman–Crippen MR) is 99.2 cm³/mol. The van der Waals surface area contributed by atoms with Gasteiger partial charge in [-0.15, -0.1) is 0 Å². The Balaban J connectivity index is 2.78. The summed E-state index contributed by atoms with van der Waals surface area (Å²) in [5.41, 5.74) is 0.497. The van der Waals surface area contributed by atoms with Crippen molar-refractivity contribution in [3.05, 3.63) is 29.6 Å². The fourth-order valence-corrected chi connectivity index (χ4v) is 3.04. The van der Waals surface area contributed by atoms with Gasteiger partial charge in [-0.3, -0.25) is 0 Å². The molecule has 0 saturated carbocycles. The molecule has 0 spiro atoms. The monoisotopic (exact) mass is 371 g/mol. The van der Waals surface area contributed by atoms with Gasteiger partial charge in [0.15, 0.2) is 8.32 Å². The maximum absolute atomic E-state index is 13.6. The molecular weight excluding hydrogens is 341 g/mol. The summed E-state index contributed by atoms with van der Waals surface area (Å²) in [5.74, 6) is 0.0475. The van der Waals surface area contributed by atoms with Crippen molar-refractivity contribution < 1.29 is 23.5 Å². The first-order chi connectivity index (χ1) is 11.4. The highest BCUT2D eigenvalue weighted by molar-refractivity contribution is 6.74. The Hall–Kier alpha value is -1.60. The van der Waals surface area contributed by atoms with E-state index in [0.29, 0.717) is 24.5 Å². The molecule has 0 saturated heterocycles. The lowest BCUT2D eigenvalue weighted by molar-refractivity contribution is 0.140. The van der Waals surface area contributed by atoms with Gasteiger partial charge in [0.1, 0.15) is 18.2 Å². The third-order valence-corrected chi connectivity index (χ3v) is 9.45. The van der Waals surface area contributed by atoms with Gasteiger partial charge in [-0.05, 0) is 43.3 Å². The number of nitrogens with zero attached hydrogens (tertiary/aromatic N) is 1. The van der Waals surface area contributed by atoms with E-state index >= 15 is 0 Å². The minimum absolute atomic E-state index is 0.118. The number of benzene rings is 1.